The molecule has 0 N–H and O–H groups in total. The SMILES string of the molecule is CC(C)C(C)/C=C/C(C)C1CCC2C3CC=C4CCCCC4(C)C3CCC12C. The van der Waals surface area contributed by atoms with Crippen molar-refractivity contribution in [3.63, 3.8) is 0 Å². The monoisotopic (exact) mass is 382 g/mol. The van der Waals surface area contributed by atoms with Crippen LogP contribution in [0.4, 0.5) is 0 Å². The van der Waals surface area contributed by atoms with Gasteiger partial charge in [-0.15, -0.1) is 0 Å². The molecule has 158 valence electrons. The first kappa shape index (κ1) is 20.7. The normalized spacial score (nSPS) is 45.3. The number of fused-ring (bicyclic) bond motifs is 5. The van der Waals surface area contributed by atoms with Crippen molar-refractivity contribution < 1.29 is 0 Å². The van der Waals surface area contributed by atoms with Gasteiger partial charge in [0.05, 0.1) is 0 Å². The molecule has 4 rings (SSSR count). The molecule has 0 aromatic rings. The Bertz CT molecular complexity index is 624. The summed E-state index contributed by atoms with van der Waals surface area (Å²) in [5.41, 5.74) is 3.00. The van der Waals surface area contributed by atoms with Gasteiger partial charge in [-0.1, -0.05) is 71.8 Å². The molecule has 0 bridgehead atoms. The third-order valence-electron chi connectivity index (χ3n) is 10.5. The lowest BCUT2D eigenvalue weighted by Gasteiger charge is -2.58. The van der Waals surface area contributed by atoms with Gasteiger partial charge in [0.1, 0.15) is 0 Å². The number of hydrogen-bond donors (Lipinski definition) is 0. The summed E-state index contributed by atoms with van der Waals surface area (Å²) in [7, 11) is 0. The summed E-state index contributed by atoms with van der Waals surface area (Å²) in [6.45, 7) is 15.0. The van der Waals surface area contributed by atoms with Crippen molar-refractivity contribution in [3.8, 4) is 0 Å². The standard InChI is InChI=1S/C28H46/c1-19(2)20(3)10-11-21(4)24-14-15-25-23-13-12-22-9-7-8-17-27(22,5)26(23)16-18-28(24,25)6/h10-12,19-21,23-26H,7-9,13-18H2,1-6H3/b11-10+. The van der Waals surface area contributed by atoms with Crippen LogP contribution in [0, 0.1) is 52.3 Å². The van der Waals surface area contributed by atoms with Crippen LogP contribution in [0.2, 0.25) is 0 Å². The predicted octanol–water partition coefficient (Wildman–Crippen LogP) is 8.44. The van der Waals surface area contributed by atoms with E-state index in [4.69, 9.17) is 0 Å². The van der Waals surface area contributed by atoms with E-state index in [2.05, 4.69) is 59.8 Å². The Morgan fingerprint density at radius 2 is 1.71 bits per heavy atom. The van der Waals surface area contributed by atoms with E-state index in [0.717, 1.165) is 35.5 Å². The first-order chi connectivity index (χ1) is 13.3. The van der Waals surface area contributed by atoms with Crippen molar-refractivity contribution in [2.24, 2.45) is 52.3 Å². The summed E-state index contributed by atoms with van der Waals surface area (Å²) < 4.78 is 0. The van der Waals surface area contributed by atoms with E-state index >= 15 is 0 Å². The van der Waals surface area contributed by atoms with Gasteiger partial charge >= 0.3 is 0 Å². The summed E-state index contributed by atoms with van der Waals surface area (Å²) in [6.07, 6.45) is 21.0. The fraction of sp³-hybridized carbons (Fsp3) is 0.857. The molecule has 28 heavy (non-hydrogen) atoms. The Kier molecular flexibility index (Phi) is 5.65. The van der Waals surface area contributed by atoms with E-state index in [-0.39, 0.29) is 0 Å². The summed E-state index contributed by atoms with van der Waals surface area (Å²) in [5, 5.41) is 0. The smallest absolute Gasteiger partial charge is 0.00853 e. The minimum atomic E-state index is 0.554. The van der Waals surface area contributed by atoms with E-state index in [1.54, 1.807) is 0 Å². The molecule has 4 aliphatic rings. The summed E-state index contributed by atoms with van der Waals surface area (Å²) >= 11 is 0. The van der Waals surface area contributed by atoms with Crippen molar-refractivity contribution >= 4 is 0 Å². The molecule has 4 aliphatic carbocycles. The topological polar surface area (TPSA) is 0 Å². The average molecular weight is 383 g/mol. The highest BCUT2D eigenvalue weighted by Crippen LogP contribution is 2.67. The van der Waals surface area contributed by atoms with E-state index in [9.17, 15) is 0 Å². The largest absolute Gasteiger partial charge is 0.0852 e. The molecular formula is C28H46. The van der Waals surface area contributed by atoms with Crippen LogP contribution in [-0.4, -0.2) is 0 Å². The first-order valence-corrected chi connectivity index (χ1v) is 12.6. The highest BCUT2D eigenvalue weighted by molar-refractivity contribution is 5.24. The highest BCUT2D eigenvalue weighted by atomic mass is 14.6. The predicted molar refractivity (Wildman–Crippen MR) is 122 cm³/mol. The summed E-state index contributed by atoms with van der Waals surface area (Å²) in [5.74, 6) is 6.04. The Hall–Kier alpha value is -0.520. The second-order valence-corrected chi connectivity index (χ2v) is 12.0. The maximum atomic E-state index is 2.73. The summed E-state index contributed by atoms with van der Waals surface area (Å²) in [4.78, 5) is 0. The molecule has 0 aromatic heterocycles. The van der Waals surface area contributed by atoms with Crippen molar-refractivity contribution in [2.75, 3.05) is 0 Å². The van der Waals surface area contributed by atoms with E-state index in [1.807, 2.05) is 5.57 Å². The third kappa shape index (κ3) is 3.26. The number of rotatable bonds is 4. The van der Waals surface area contributed by atoms with Gasteiger partial charge < -0.3 is 0 Å². The van der Waals surface area contributed by atoms with Gasteiger partial charge in [0.25, 0.3) is 0 Å². The first-order valence-electron chi connectivity index (χ1n) is 12.6. The zero-order valence-corrected chi connectivity index (χ0v) is 19.6. The van der Waals surface area contributed by atoms with Crippen LogP contribution >= 0.6 is 0 Å². The Morgan fingerprint density at radius 3 is 2.46 bits per heavy atom. The molecule has 0 amide bonds. The molecule has 0 nitrogen and oxygen atoms in total. The van der Waals surface area contributed by atoms with Gasteiger partial charge in [0, 0.05) is 0 Å². The fourth-order valence-electron chi connectivity index (χ4n) is 8.31. The lowest BCUT2D eigenvalue weighted by Crippen LogP contribution is -2.49. The molecule has 0 heteroatoms. The van der Waals surface area contributed by atoms with Crippen LogP contribution in [-0.2, 0) is 0 Å². The molecule has 0 aliphatic heterocycles. The summed E-state index contributed by atoms with van der Waals surface area (Å²) in [6, 6.07) is 0. The van der Waals surface area contributed by atoms with Gasteiger partial charge in [0.15, 0.2) is 0 Å². The third-order valence-corrected chi connectivity index (χ3v) is 10.5. The van der Waals surface area contributed by atoms with Crippen molar-refractivity contribution in [3.05, 3.63) is 23.8 Å². The fourth-order valence-corrected chi connectivity index (χ4v) is 8.31. The van der Waals surface area contributed by atoms with Gasteiger partial charge in [-0.3, -0.25) is 0 Å². The van der Waals surface area contributed by atoms with Crippen LogP contribution in [0.5, 0.6) is 0 Å². The van der Waals surface area contributed by atoms with Gasteiger partial charge in [-0.2, -0.15) is 0 Å². The van der Waals surface area contributed by atoms with E-state index < -0.39 is 0 Å². The Morgan fingerprint density at radius 1 is 0.929 bits per heavy atom. The van der Waals surface area contributed by atoms with Crippen LogP contribution in [0.15, 0.2) is 23.8 Å². The molecule has 3 saturated carbocycles. The Labute approximate surface area is 175 Å². The molecular weight excluding hydrogens is 336 g/mol. The van der Waals surface area contributed by atoms with Crippen LogP contribution in [0.1, 0.15) is 99.3 Å². The lowest BCUT2D eigenvalue weighted by molar-refractivity contribution is -0.0462. The quantitative estimate of drug-likeness (QED) is 0.428. The molecule has 8 unspecified atom stereocenters. The zero-order chi connectivity index (χ0) is 20.1. The average Bonchev–Trinajstić information content (AvgIpc) is 3.02. The molecule has 0 aromatic carbocycles. The highest BCUT2D eigenvalue weighted by Gasteiger charge is 2.58. The molecule has 3 fully saturated rings. The van der Waals surface area contributed by atoms with Gasteiger partial charge in [-0.25, -0.2) is 0 Å². The van der Waals surface area contributed by atoms with Crippen molar-refractivity contribution in [1.82, 2.24) is 0 Å². The molecule has 0 radical (unpaired) electrons. The van der Waals surface area contributed by atoms with Crippen molar-refractivity contribution in [1.29, 1.82) is 0 Å². The minimum absolute atomic E-state index is 0.554. The van der Waals surface area contributed by atoms with Gasteiger partial charge in [-0.05, 0) is 104 Å². The second-order valence-electron chi connectivity index (χ2n) is 12.0. The minimum Gasteiger partial charge on any atom is -0.0852 e. The second kappa shape index (κ2) is 7.63. The van der Waals surface area contributed by atoms with Crippen LogP contribution in [0.25, 0.3) is 0 Å². The molecule has 0 spiro atoms. The lowest BCUT2D eigenvalue weighted by atomic mass is 9.47. The molecule has 8 atom stereocenters. The van der Waals surface area contributed by atoms with E-state index in [0.29, 0.717) is 16.7 Å². The number of hydrogen-bond acceptors (Lipinski definition) is 0. The zero-order valence-electron chi connectivity index (χ0n) is 19.6. The number of allylic oxidation sites excluding steroid dienone is 4. The van der Waals surface area contributed by atoms with Crippen LogP contribution < -0.4 is 0 Å². The van der Waals surface area contributed by atoms with Crippen molar-refractivity contribution in [2.45, 2.75) is 99.3 Å². The molecule has 0 heterocycles. The maximum Gasteiger partial charge on any atom is -0.00853 e. The van der Waals surface area contributed by atoms with E-state index in [1.165, 1.54) is 57.8 Å². The maximum absolute atomic E-state index is 2.73. The van der Waals surface area contributed by atoms with Crippen LogP contribution in [0.3, 0.4) is 0 Å². The van der Waals surface area contributed by atoms with Gasteiger partial charge in [0.2, 0.25) is 0 Å². The Balaban J connectivity index is 1.53. The molecule has 0 saturated heterocycles.